The molecule has 186 valence electrons. The summed E-state index contributed by atoms with van der Waals surface area (Å²) in [5, 5.41) is 2.62. The second-order valence-electron chi connectivity index (χ2n) is 11.5. The van der Waals surface area contributed by atoms with E-state index >= 15 is 0 Å². The highest BCUT2D eigenvalue weighted by Crippen LogP contribution is 2.37. The highest BCUT2D eigenvalue weighted by molar-refractivity contribution is 6.99. The van der Waals surface area contributed by atoms with Crippen molar-refractivity contribution in [2.75, 3.05) is 13.2 Å². The molecular formula is C30H44O3Si. The van der Waals surface area contributed by atoms with Crippen molar-refractivity contribution in [1.82, 2.24) is 0 Å². The molecular weight excluding hydrogens is 436 g/mol. The summed E-state index contributed by atoms with van der Waals surface area (Å²) < 4.78 is 12.5. The normalized spacial score (nSPS) is 14.1. The molecule has 2 aromatic rings. The number of hydrogen-bond donors (Lipinski definition) is 0. The number of benzene rings is 2. The lowest BCUT2D eigenvalue weighted by atomic mass is 9.97. The van der Waals surface area contributed by atoms with Gasteiger partial charge < -0.3 is 9.16 Å². The van der Waals surface area contributed by atoms with Crippen molar-refractivity contribution in [3.63, 3.8) is 0 Å². The Hall–Kier alpha value is -2.17. The molecule has 1 atom stereocenters. The third kappa shape index (κ3) is 7.41. The van der Waals surface area contributed by atoms with Crippen molar-refractivity contribution in [1.29, 1.82) is 0 Å². The summed E-state index contributed by atoms with van der Waals surface area (Å²) in [5.74, 6) is 0.259. The number of carbonyl (C=O) groups excluding carboxylic acids is 1. The second kappa shape index (κ2) is 12.0. The molecule has 0 saturated carbocycles. The van der Waals surface area contributed by atoms with Crippen LogP contribution in [0.15, 0.2) is 72.3 Å². The fourth-order valence-corrected chi connectivity index (χ4v) is 8.87. The van der Waals surface area contributed by atoms with Crippen LogP contribution in [0.1, 0.15) is 68.2 Å². The zero-order valence-corrected chi connectivity index (χ0v) is 23.5. The molecule has 1 unspecified atom stereocenters. The van der Waals surface area contributed by atoms with E-state index in [1.54, 1.807) is 0 Å². The second-order valence-corrected chi connectivity index (χ2v) is 15.8. The molecule has 0 aliphatic carbocycles. The highest BCUT2D eigenvalue weighted by Gasteiger charge is 2.50. The molecule has 0 bridgehead atoms. The van der Waals surface area contributed by atoms with Crippen molar-refractivity contribution >= 4 is 24.7 Å². The summed E-state index contributed by atoms with van der Waals surface area (Å²) in [6.07, 6.45) is 4.17. The summed E-state index contributed by atoms with van der Waals surface area (Å²) in [5.41, 5.74) is 0.630. The van der Waals surface area contributed by atoms with Crippen molar-refractivity contribution in [3.05, 3.63) is 72.3 Å². The lowest BCUT2D eigenvalue weighted by Crippen LogP contribution is -2.66. The molecule has 0 radical (unpaired) electrons. The monoisotopic (exact) mass is 480 g/mol. The van der Waals surface area contributed by atoms with Crippen LogP contribution in [0.3, 0.4) is 0 Å². The summed E-state index contributed by atoms with van der Waals surface area (Å²) in [4.78, 5) is 12.0. The average molecular weight is 481 g/mol. The number of hydrogen-bond acceptors (Lipinski definition) is 3. The van der Waals surface area contributed by atoms with Crippen LogP contribution < -0.4 is 10.4 Å². The molecule has 0 aliphatic heterocycles. The van der Waals surface area contributed by atoms with Gasteiger partial charge in [-0.3, -0.25) is 4.79 Å². The van der Waals surface area contributed by atoms with Gasteiger partial charge in [-0.15, -0.1) is 0 Å². The van der Waals surface area contributed by atoms with Crippen LogP contribution in [0.2, 0.25) is 5.04 Å². The van der Waals surface area contributed by atoms with E-state index in [1.165, 1.54) is 10.4 Å². The molecule has 0 fully saturated rings. The highest BCUT2D eigenvalue weighted by atomic mass is 28.4. The van der Waals surface area contributed by atoms with E-state index in [9.17, 15) is 4.79 Å². The third-order valence-electron chi connectivity index (χ3n) is 6.20. The molecule has 0 saturated heterocycles. The average Bonchev–Trinajstić information content (AvgIpc) is 2.77. The Morgan fingerprint density at radius 1 is 0.912 bits per heavy atom. The quantitative estimate of drug-likeness (QED) is 0.221. The maximum absolute atomic E-state index is 12.0. The molecule has 34 heavy (non-hydrogen) atoms. The van der Waals surface area contributed by atoms with Gasteiger partial charge in [-0.05, 0) is 67.4 Å². The molecule has 2 rings (SSSR count). The zero-order chi connectivity index (χ0) is 25.4. The minimum atomic E-state index is -2.49. The number of ether oxygens (including phenoxy) is 1. The number of allylic oxidation sites excluding steroid dienone is 1. The molecule has 0 amide bonds. The number of rotatable bonds is 10. The summed E-state index contributed by atoms with van der Waals surface area (Å²) >= 11 is 0. The van der Waals surface area contributed by atoms with Gasteiger partial charge in [0.1, 0.15) is 6.61 Å². The van der Waals surface area contributed by atoms with Gasteiger partial charge in [0.05, 0.1) is 5.41 Å². The third-order valence-corrected chi connectivity index (χ3v) is 11.2. The Morgan fingerprint density at radius 3 is 1.85 bits per heavy atom. The molecule has 0 spiro atoms. The van der Waals surface area contributed by atoms with Gasteiger partial charge >= 0.3 is 5.97 Å². The first-order chi connectivity index (χ1) is 15.9. The molecule has 0 heterocycles. The predicted molar refractivity (Wildman–Crippen MR) is 146 cm³/mol. The van der Waals surface area contributed by atoms with Crippen LogP contribution in [0.25, 0.3) is 0 Å². The van der Waals surface area contributed by atoms with Crippen molar-refractivity contribution in [2.45, 2.75) is 73.3 Å². The van der Waals surface area contributed by atoms with Crippen LogP contribution >= 0.6 is 0 Å². The van der Waals surface area contributed by atoms with E-state index in [-0.39, 0.29) is 11.0 Å². The molecule has 4 heteroatoms. The Labute approximate surface area is 208 Å². The lowest BCUT2D eigenvalue weighted by molar-refractivity contribution is -0.151. The fourth-order valence-electron chi connectivity index (χ4n) is 4.18. The van der Waals surface area contributed by atoms with Crippen LogP contribution in [0.4, 0.5) is 0 Å². The van der Waals surface area contributed by atoms with Crippen LogP contribution in [-0.4, -0.2) is 27.5 Å². The van der Waals surface area contributed by atoms with Gasteiger partial charge in [-0.25, -0.2) is 0 Å². The molecule has 0 aromatic heterocycles. The van der Waals surface area contributed by atoms with E-state index in [0.717, 1.165) is 25.0 Å². The van der Waals surface area contributed by atoms with Crippen molar-refractivity contribution < 1.29 is 14.0 Å². The standard InChI is InChI=1S/C30H44O3Si/c1-24(22-32-28(31)29(3,4)5)16-15-17-25(2)23-33-34(30(6,7)8,26-18-11-9-12-19-26)27-20-13-10-14-21-27/h9-14,16,18-21,25H,15,17,22-23H2,1-8H3. The van der Waals surface area contributed by atoms with Crippen LogP contribution in [0.5, 0.6) is 0 Å². The largest absolute Gasteiger partial charge is 0.461 e. The van der Waals surface area contributed by atoms with Gasteiger partial charge in [0.2, 0.25) is 0 Å². The number of esters is 1. The minimum Gasteiger partial charge on any atom is -0.461 e. The van der Waals surface area contributed by atoms with E-state index < -0.39 is 13.7 Å². The van der Waals surface area contributed by atoms with E-state index in [2.05, 4.69) is 94.4 Å². The van der Waals surface area contributed by atoms with Gasteiger partial charge in [0.15, 0.2) is 0 Å². The summed E-state index contributed by atoms with van der Waals surface area (Å²) in [6.45, 7) is 18.0. The first-order valence-corrected chi connectivity index (χ1v) is 14.4. The Balaban J connectivity index is 2.09. The summed E-state index contributed by atoms with van der Waals surface area (Å²) in [6, 6.07) is 21.6. The zero-order valence-electron chi connectivity index (χ0n) is 22.5. The van der Waals surface area contributed by atoms with Gasteiger partial charge in [-0.1, -0.05) is 94.4 Å². The Bertz CT molecular complexity index is 882. The Morgan fingerprint density at radius 2 is 1.41 bits per heavy atom. The molecule has 3 nitrogen and oxygen atoms in total. The molecule has 0 aliphatic rings. The molecule has 2 aromatic carbocycles. The van der Waals surface area contributed by atoms with Crippen LogP contribution in [-0.2, 0) is 14.0 Å². The fraction of sp³-hybridized carbons (Fsp3) is 0.500. The minimum absolute atomic E-state index is 0.0111. The topological polar surface area (TPSA) is 35.5 Å². The predicted octanol–water partition coefficient (Wildman–Crippen LogP) is 6.51. The first-order valence-electron chi connectivity index (χ1n) is 12.5. The van der Waals surface area contributed by atoms with E-state index in [4.69, 9.17) is 9.16 Å². The summed E-state index contributed by atoms with van der Waals surface area (Å²) in [7, 11) is -2.49. The maximum atomic E-state index is 12.0. The van der Waals surface area contributed by atoms with Gasteiger partial charge in [0.25, 0.3) is 8.32 Å². The SMILES string of the molecule is CC(=CCCC(C)CO[Si](c1ccccc1)(c1ccccc1)C(C)(C)C)COC(=O)C(C)(C)C. The molecule has 0 N–H and O–H groups in total. The Kier molecular flexibility index (Phi) is 9.90. The maximum Gasteiger partial charge on any atom is 0.311 e. The smallest absolute Gasteiger partial charge is 0.311 e. The lowest BCUT2D eigenvalue weighted by Gasteiger charge is -2.43. The van der Waals surface area contributed by atoms with Crippen LogP contribution in [0, 0.1) is 11.3 Å². The van der Waals surface area contributed by atoms with Crippen molar-refractivity contribution in [2.24, 2.45) is 11.3 Å². The van der Waals surface area contributed by atoms with E-state index in [0.29, 0.717) is 12.5 Å². The first kappa shape index (κ1) is 28.1. The van der Waals surface area contributed by atoms with Crippen molar-refractivity contribution in [3.8, 4) is 0 Å². The van der Waals surface area contributed by atoms with E-state index in [1.807, 2.05) is 27.7 Å². The number of carbonyl (C=O) groups is 1. The van der Waals surface area contributed by atoms with Gasteiger partial charge in [0, 0.05) is 6.61 Å². The van der Waals surface area contributed by atoms with Gasteiger partial charge in [-0.2, -0.15) is 0 Å².